The van der Waals surface area contributed by atoms with Gasteiger partial charge in [0.1, 0.15) is 0 Å². The number of hydrogen-bond donors (Lipinski definition) is 2. The number of aliphatic hydroxyl groups excluding tert-OH is 1. The molecule has 1 saturated carbocycles. The molecule has 0 saturated heterocycles. The molecule has 15 heavy (non-hydrogen) atoms. The summed E-state index contributed by atoms with van der Waals surface area (Å²) in [7, 11) is 0. The van der Waals surface area contributed by atoms with Crippen molar-refractivity contribution in [3.63, 3.8) is 0 Å². The number of ether oxygens (including phenoxy) is 1. The van der Waals surface area contributed by atoms with E-state index in [1.165, 1.54) is 0 Å². The van der Waals surface area contributed by atoms with Gasteiger partial charge in [-0.2, -0.15) is 0 Å². The third kappa shape index (κ3) is 5.14. The second-order valence-corrected chi connectivity index (χ2v) is 4.00. The third-order valence-corrected chi connectivity index (χ3v) is 2.70. The molecule has 1 aliphatic rings. The van der Waals surface area contributed by atoms with E-state index >= 15 is 0 Å². The normalized spacial score (nSPS) is 26.3. The molecule has 88 valence electrons. The van der Waals surface area contributed by atoms with Crippen LogP contribution in [0.1, 0.15) is 39.0 Å². The van der Waals surface area contributed by atoms with Crippen molar-refractivity contribution in [3.8, 4) is 0 Å². The van der Waals surface area contributed by atoms with E-state index in [1.807, 2.05) is 6.92 Å². The Morgan fingerprint density at radius 1 is 1.40 bits per heavy atom. The quantitative estimate of drug-likeness (QED) is 0.714. The van der Waals surface area contributed by atoms with Crippen molar-refractivity contribution in [3.05, 3.63) is 0 Å². The van der Waals surface area contributed by atoms with Crippen LogP contribution in [0.3, 0.4) is 0 Å². The lowest BCUT2D eigenvalue weighted by Crippen LogP contribution is -2.27. The minimum Gasteiger partial charge on any atom is -0.393 e. The van der Waals surface area contributed by atoms with Gasteiger partial charge in [-0.3, -0.25) is 4.79 Å². The van der Waals surface area contributed by atoms with Crippen molar-refractivity contribution < 1.29 is 14.6 Å². The van der Waals surface area contributed by atoms with Gasteiger partial charge in [0.15, 0.2) is 0 Å². The predicted molar refractivity (Wildman–Crippen MR) is 57.5 cm³/mol. The van der Waals surface area contributed by atoms with Gasteiger partial charge < -0.3 is 15.2 Å². The van der Waals surface area contributed by atoms with Crippen LogP contribution in [0.2, 0.25) is 0 Å². The van der Waals surface area contributed by atoms with Crippen molar-refractivity contribution in [2.45, 2.75) is 51.2 Å². The lowest BCUT2D eigenvalue weighted by atomic mass is 9.95. The van der Waals surface area contributed by atoms with Gasteiger partial charge in [-0.05, 0) is 32.6 Å². The highest BCUT2D eigenvalue weighted by Gasteiger charge is 2.19. The molecule has 0 aromatic heterocycles. The zero-order valence-corrected chi connectivity index (χ0v) is 9.37. The van der Waals surface area contributed by atoms with Gasteiger partial charge in [-0.25, -0.2) is 0 Å². The summed E-state index contributed by atoms with van der Waals surface area (Å²) < 4.78 is 5.58. The van der Waals surface area contributed by atoms with Gasteiger partial charge in [-0.1, -0.05) is 0 Å². The van der Waals surface area contributed by atoms with Crippen LogP contribution in [-0.4, -0.2) is 36.4 Å². The summed E-state index contributed by atoms with van der Waals surface area (Å²) >= 11 is 0. The fourth-order valence-electron chi connectivity index (χ4n) is 1.82. The number of amides is 1. The maximum Gasteiger partial charge on any atom is 0.222 e. The first-order chi connectivity index (χ1) is 7.22. The monoisotopic (exact) mass is 215 g/mol. The second-order valence-electron chi connectivity index (χ2n) is 4.00. The number of carbonyl (C=O) groups is 1. The topological polar surface area (TPSA) is 58.6 Å². The Kier molecular flexibility index (Phi) is 5.65. The Balaban J connectivity index is 2.02. The number of rotatable bonds is 5. The lowest BCUT2D eigenvalue weighted by Gasteiger charge is -2.25. The first kappa shape index (κ1) is 12.5. The third-order valence-electron chi connectivity index (χ3n) is 2.70. The molecule has 0 bridgehead atoms. The number of nitrogens with one attached hydrogen (secondary N) is 1. The lowest BCUT2D eigenvalue weighted by molar-refractivity contribution is -0.122. The molecule has 2 N–H and O–H groups in total. The van der Waals surface area contributed by atoms with Crippen LogP contribution in [-0.2, 0) is 9.53 Å². The summed E-state index contributed by atoms with van der Waals surface area (Å²) in [6.45, 7) is 3.07. The van der Waals surface area contributed by atoms with Crippen molar-refractivity contribution >= 4 is 5.91 Å². The Morgan fingerprint density at radius 3 is 2.67 bits per heavy atom. The van der Waals surface area contributed by atoms with E-state index in [4.69, 9.17) is 4.74 Å². The van der Waals surface area contributed by atoms with Crippen LogP contribution in [0.15, 0.2) is 0 Å². The zero-order chi connectivity index (χ0) is 11.1. The zero-order valence-electron chi connectivity index (χ0n) is 9.37. The summed E-state index contributed by atoms with van der Waals surface area (Å²) in [5, 5.41) is 12.0. The largest absolute Gasteiger partial charge is 0.393 e. The minimum atomic E-state index is -0.145. The molecular formula is C11H21NO3. The van der Waals surface area contributed by atoms with E-state index in [1.54, 1.807) is 0 Å². The summed E-state index contributed by atoms with van der Waals surface area (Å²) in [4.78, 5) is 11.1. The van der Waals surface area contributed by atoms with E-state index in [0.717, 1.165) is 25.7 Å². The van der Waals surface area contributed by atoms with E-state index < -0.39 is 0 Å². The standard InChI is InChI=1S/C11H21NO3/c1-2-12-11(14)7-8-15-10-5-3-9(13)4-6-10/h9-10,13H,2-8H2,1H3,(H,12,14). The maximum absolute atomic E-state index is 11.1. The van der Waals surface area contributed by atoms with Gasteiger partial charge >= 0.3 is 0 Å². The summed E-state index contributed by atoms with van der Waals surface area (Å²) in [5.41, 5.74) is 0. The Morgan fingerprint density at radius 2 is 2.07 bits per heavy atom. The molecule has 0 radical (unpaired) electrons. The van der Waals surface area contributed by atoms with Gasteiger partial charge in [0.05, 0.1) is 18.8 Å². The van der Waals surface area contributed by atoms with Crippen LogP contribution in [0, 0.1) is 0 Å². The molecule has 4 heteroatoms. The average molecular weight is 215 g/mol. The molecule has 0 aliphatic heterocycles. The van der Waals surface area contributed by atoms with Crippen LogP contribution < -0.4 is 5.32 Å². The first-order valence-electron chi connectivity index (χ1n) is 5.78. The molecular weight excluding hydrogens is 194 g/mol. The summed E-state index contributed by atoms with van der Waals surface area (Å²) in [6, 6.07) is 0. The minimum absolute atomic E-state index is 0.0494. The van der Waals surface area contributed by atoms with Crippen molar-refractivity contribution in [1.82, 2.24) is 5.32 Å². The van der Waals surface area contributed by atoms with E-state index in [0.29, 0.717) is 19.6 Å². The van der Waals surface area contributed by atoms with Crippen molar-refractivity contribution in [2.75, 3.05) is 13.2 Å². The van der Waals surface area contributed by atoms with Crippen molar-refractivity contribution in [2.24, 2.45) is 0 Å². The number of carbonyl (C=O) groups excluding carboxylic acids is 1. The molecule has 0 aromatic carbocycles. The van der Waals surface area contributed by atoms with Crippen LogP contribution in [0.4, 0.5) is 0 Å². The predicted octanol–water partition coefficient (Wildman–Crippen LogP) is 0.833. The fourth-order valence-corrected chi connectivity index (χ4v) is 1.82. The van der Waals surface area contributed by atoms with Crippen molar-refractivity contribution in [1.29, 1.82) is 0 Å². The smallest absolute Gasteiger partial charge is 0.222 e. The van der Waals surface area contributed by atoms with Gasteiger partial charge in [0, 0.05) is 13.0 Å². The molecule has 0 heterocycles. The van der Waals surface area contributed by atoms with E-state index in [2.05, 4.69) is 5.32 Å². The number of hydrogen-bond acceptors (Lipinski definition) is 3. The van der Waals surface area contributed by atoms with E-state index in [-0.39, 0.29) is 18.1 Å². The molecule has 1 fully saturated rings. The molecule has 0 aromatic rings. The molecule has 1 rings (SSSR count). The highest BCUT2D eigenvalue weighted by Crippen LogP contribution is 2.20. The Hall–Kier alpha value is -0.610. The molecule has 1 amide bonds. The Bertz CT molecular complexity index is 188. The highest BCUT2D eigenvalue weighted by atomic mass is 16.5. The average Bonchev–Trinajstić information content (AvgIpc) is 2.21. The molecule has 4 nitrogen and oxygen atoms in total. The van der Waals surface area contributed by atoms with Crippen LogP contribution in [0.5, 0.6) is 0 Å². The van der Waals surface area contributed by atoms with Crippen LogP contribution in [0.25, 0.3) is 0 Å². The molecule has 0 spiro atoms. The first-order valence-corrected chi connectivity index (χ1v) is 5.78. The SMILES string of the molecule is CCNC(=O)CCOC1CCC(O)CC1. The van der Waals surface area contributed by atoms with Gasteiger partial charge in [0.2, 0.25) is 5.91 Å². The second kappa shape index (κ2) is 6.80. The highest BCUT2D eigenvalue weighted by molar-refractivity contribution is 5.75. The molecule has 0 atom stereocenters. The van der Waals surface area contributed by atoms with Gasteiger partial charge in [-0.15, -0.1) is 0 Å². The molecule has 1 aliphatic carbocycles. The summed E-state index contributed by atoms with van der Waals surface area (Å²) in [6.07, 6.45) is 4.01. The van der Waals surface area contributed by atoms with Gasteiger partial charge in [0.25, 0.3) is 0 Å². The van der Waals surface area contributed by atoms with Crippen LogP contribution >= 0.6 is 0 Å². The summed E-state index contributed by atoms with van der Waals surface area (Å²) in [5.74, 6) is 0.0494. The maximum atomic E-state index is 11.1. The number of aliphatic hydroxyl groups is 1. The van der Waals surface area contributed by atoms with E-state index in [9.17, 15) is 9.90 Å². The Labute approximate surface area is 91.0 Å². The molecule has 0 unspecified atom stereocenters. The fraction of sp³-hybridized carbons (Fsp3) is 0.909.